The molecule has 4 aromatic rings. The summed E-state index contributed by atoms with van der Waals surface area (Å²) in [6.07, 6.45) is 6.70. The van der Waals surface area contributed by atoms with Gasteiger partial charge in [0, 0.05) is 31.4 Å². The van der Waals surface area contributed by atoms with Crippen molar-refractivity contribution in [2.75, 3.05) is 0 Å². The molecular weight excluding hydrogens is 370 g/mol. The molecule has 10 heteroatoms. The van der Waals surface area contributed by atoms with E-state index in [9.17, 15) is 0 Å². The monoisotopic (exact) mass is 385 g/mol. The smallest absolute Gasteiger partial charge is 0.198 e. The van der Waals surface area contributed by atoms with Crippen LogP contribution in [-0.2, 0) is 20.1 Å². The molecule has 0 bridgehead atoms. The fourth-order valence-corrected chi connectivity index (χ4v) is 3.72. The number of nitrogens with zero attached hydrogens (tertiary/aromatic N) is 6. The van der Waals surface area contributed by atoms with Crippen LogP contribution in [-0.4, -0.2) is 29.7 Å². The summed E-state index contributed by atoms with van der Waals surface area (Å²) < 4.78 is 7.66. The second kappa shape index (κ2) is 7.77. The number of rotatable bonds is 7. The lowest BCUT2D eigenvalue weighted by atomic mass is 10.4. The van der Waals surface area contributed by atoms with Gasteiger partial charge in [-0.2, -0.15) is 0 Å². The van der Waals surface area contributed by atoms with Gasteiger partial charge in [-0.1, -0.05) is 0 Å². The topological polar surface area (TPSA) is 94.6 Å². The van der Waals surface area contributed by atoms with E-state index in [1.165, 1.54) is 11.8 Å². The molecule has 4 rings (SSSR count). The predicted molar refractivity (Wildman–Crippen MR) is 97.5 cm³/mol. The molecule has 8 nitrogen and oxygen atoms in total. The third-order valence-electron chi connectivity index (χ3n) is 3.44. The molecule has 1 N–H and O–H groups in total. The van der Waals surface area contributed by atoms with E-state index in [1.54, 1.807) is 36.3 Å². The summed E-state index contributed by atoms with van der Waals surface area (Å²) in [5, 5.41) is 15.7. The van der Waals surface area contributed by atoms with E-state index >= 15 is 0 Å². The number of hydrogen-bond acceptors (Lipinski definition) is 9. The van der Waals surface area contributed by atoms with Crippen molar-refractivity contribution in [1.82, 2.24) is 35.0 Å². The summed E-state index contributed by atoms with van der Waals surface area (Å²) in [6.45, 7) is 1.28. The first-order chi connectivity index (χ1) is 12.8. The Morgan fingerprint density at radius 2 is 2.23 bits per heavy atom. The standard InChI is InChI=1S/C16H15N7OS2/c1-23-10-20-22-16(23)26-14-3-2-12(24-14)7-18-6-11-9-25-15(21-11)13-8-17-4-5-19-13/h2-5,8-10,18H,6-7H2,1H3. The molecule has 0 amide bonds. The molecule has 0 unspecified atom stereocenters. The lowest BCUT2D eigenvalue weighted by Crippen LogP contribution is -2.12. The van der Waals surface area contributed by atoms with Crippen molar-refractivity contribution >= 4 is 23.1 Å². The summed E-state index contributed by atoms with van der Waals surface area (Å²) >= 11 is 3.00. The molecule has 0 saturated heterocycles. The van der Waals surface area contributed by atoms with Gasteiger partial charge in [0.2, 0.25) is 0 Å². The molecule has 0 aliphatic carbocycles. The highest BCUT2D eigenvalue weighted by Crippen LogP contribution is 2.27. The first kappa shape index (κ1) is 16.9. The summed E-state index contributed by atoms with van der Waals surface area (Å²) in [7, 11) is 1.90. The van der Waals surface area contributed by atoms with Crippen LogP contribution in [0.2, 0.25) is 0 Å². The van der Waals surface area contributed by atoms with Gasteiger partial charge in [-0.3, -0.25) is 9.97 Å². The van der Waals surface area contributed by atoms with Crippen LogP contribution in [0.4, 0.5) is 0 Å². The summed E-state index contributed by atoms with van der Waals surface area (Å²) in [5.41, 5.74) is 1.76. The van der Waals surface area contributed by atoms with Gasteiger partial charge in [-0.05, 0) is 23.9 Å². The van der Waals surface area contributed by atoms with Crippen molar-refractivity contribution in [3.05, 3.63) is 53.9 Å². The zero-order chi connectivity index (χ0) is 17.8. The highest BCUT2D eigenvalue weighted by Gasteiger charge is 2.09. The van der Waals surface area contributed by atoms with E-state index in [1.807, 2.05) is 29.1 Å². The Labute approximate surface area is 157 Å². The quantitative estimate of drug-likeness (QED) is 0.519. The van der Waals surface area contributed by atoms with Crippen molar-refractivity contribution in [3.8, 4) is 10.7 Å². The Balaban J connectivity index is 1.30. The van der Waals surface area contributed by atoms with E-state index in [-0.39, 0.29) is 0 Å². The zero-order valence-electron chi connectivity index (χ0n) is 13.9. The number of aryl methyl sites for hydroxylation is 1. The van der Waals surface area contributed by atoms with Crippen LogP contribution in [0.15, 0.2) is 57.1 Å². The van der Waals surface area contributed by atoms with Crippen molar-refractivity contribution in [1.29, 1.82) is 0 Å². The Morgan fingerprint density at radius 1 is 1.27 bits per heavy atom. The minimum atomic E-state index is 0.622. The highest BCUT2D eigenvalue weighted by atomic mass is 32.2. The second-order valence-corrected chi connectivity index (χ2v) is 7.22. The van der Waals surface area contributed by atoms with Gasteiger partial charge in [-0.15, -0.1) is 21.5 Å². The van der Waals surface area contributed by atoms with Crippen LogP contribution in [0, 0.1) is 0 Å². The first-order valence-electron chi connectivity index (χ1n) is 7.80. The van der Waals surface area contributed by atoms with E-state index in [0.717, 1.165) is 32.4 Å². The van der Waals surface area contributed by atoms with Gasteiger partial charge in [-0.25, -0.2) is 4.98 Å². The molecule has 0 radical (unpaired) electrons. The fraction of sp³-hybridized carbons (Fsp3) is 0.188. The van der Waals surface area contributed by atoms with Gasteiger partial charge in [0.15, 0.2) is 10.2 Å². The molecule has 4 heterocycles. The lowest BCUT2D eigenvalue weighted by Gasteiger charge is -2.00. The van der Waals surface area contributed by atoms with E-state index in [0.29, 0.717) is 13.1 Å². The van der Waals surface area contributed by atoms with Gasteiger partial charge in [0.1, 0.15) is 22.8 Å². The molecule has 132 valence electrons. The summed E-state index contributed by atoms with van der Waals surface area (Å²) in [4.78, 5) is 12.9. The number of aromatic nitrogens is 6. The summed E-state index contributed by atoms with van der Waals surface area (Å²) in [5.74, 6) is 0.860. The second-order valence-electron chi connectivity index (χ2n) is 5.39. The molecule has 0 fully saturated rings. The highest BCUT2D eigenvalue weighted by molar-refractivity contribution is 7.99. The lowest BCUT2D eigenvalue weighted by molar-refractivity contribution is 0.415. The average Bonchev–Trinajstić information content (AvgIpc) is 3.39. The Hall–Kier alpha value is -2.56. The molecule has 0 spiro atoms. The number of furan rings is 1. The maximum Gasteiger partial charge on any atom is 0.198 e. The van der Waals surface area contributed by atoms with Crippen molar-refractivity contribution in [3.63, 3.8) is 0 Å². The largest absolute Gasteiger partial charge is 0.453 e. The molecule has 26 heavy (non-hydrogen) atoms. The van der Waals surface area contributed by atoms with Gasteiger partial charge in [0.25, 0.3) is 0 Å². The maximum absolute atomic E-state index is 5.81. The third kappa shape index (κ3) is 3.98. The first-order valence-corrected chi connectivity index (χ1v) is 9.49. The molecule has 0 aliphatic rings. The Kier molecular flexibility index (Phi) is 5.04. The normalized spacial score (nSPS) is 11.1. The maximum atomic E-state index is 5.81. The van der Waals surface area contributed by atoms with Crippen molar-refractivity contribution < 1.29 is 4.42 Å². The predicted octanol–water partition coefficient (Wildman–Crippen LogP) is 2.76. The number of thiazole rings is 1. The van der Waals surface area contributed by atoms with Gasteiger partial charge in [0.05, 0.1) is 18.4 Å². The Bertz CT molecular complexity index is 979. The van der Waals surface area contributed by atoms with Crippen LogP contribution in [0.25, 0.3) is 10.7 Å². The number of nitrogens with one attached hydrogen (secondary N) is 1. The van der Waals surface area contributed by atoms with Crippen LogP contribution >= 0.6 is 23.1 Å². The van der Waals surface area contributed by atoms with Crippen LogP contribution in [0.5, 0.6) is 0 Å². The third-order valence-corrected chi connectivity index (χ3v) is 5.32. The van der Waals surface area contributed by atoms with Crippen LogP contribution < -0.4 is 5.32 Å². The summed E-state index contributed by atoms with van der Waals surface area (Å²) in [6, 6.07) is 3.89. The van der Waals surface area contributed by atoms with Gasteiger partial charge >= 0.3 is 0 Å². The SMILES string of the molecule is Cn1cnnc1Sc1ccc(CNCc2csc(-c3cnccn3)n2)o1. The van der Waals surface area contributed by atoms with Crippen LogP contribution in [0.3, 0.4) is 0 Å². The molecule has 0 aromatic carbocycles. The van der Waals surface area contributed by atoms with E-state index in [2.05, 4.69) is 30.5 Å². The molecule has 0 atom stereocenters. The van der Waals surface area contributed by atoms with Gasteiger partial charge < -0.3 is 14.3 Å². The minimum absolute atomic E-state index is 0.622. The molecule has 0 aliphatic heterocycles. The Morgan fingerprint density at radius 3 is 3.04 bits per heavy atom. The minimum Gasteiger partial charge on any atom is -0.453 e. The van der Waals surface area contributed by atoms with E-state index in [4.69, 9.17) is 4.42 Å². The average molecular weight is 385 g/mol. The molecule has 0 saturated carbocycles. The van der Waals surface area contributed by atoms with Crippen molar-refractivity contribution in [2.45, 2.75) is 23.3 Å². The van der Waals surface area contributed by atoms with Crippen molar-refractivity contribution in [2.24, 2.45) is 7.05 Å². The van der Waals surface area contributed by atoms with E-state index < -0.39 is 0 Å². The number of hydrogen-bond donors (Lipinski definition) is 1. The molecule has 4 aromatic heterocycles. The zero-order valence-corrected chi connectivity index (χ0v) is 15.5. The fourth-order valence-electron chi connectivity index (χ4n) is 2.19. The molecular formula is C16H15N7OS2. The van der Waals surface area contributed by atoms with Crippen LogP contribution in [0.1, 0.15) is 11.5 Å².